The van der Waals surface area contributed by atoms with Gasteiger partial charge in [0.05, 0.1) is 7.11 Å². The molecule has 0 aliphatic heterocycles. The Morgan fingerprint density at radius 2 is 1.70 bits per heavy atom. The van der Waals surface area contributed by atoms with Crippen LogP contribution in [0.4, 0.5) is 0 Å². The molecule has 30 heavy (non-hydrogen) atoms. The van der Waals surface area contributed by atoms with Gasteiger partial charge in [-0.05, 0) is 46.8 Å². The number of pyridine rings is 1. The highest BCUT2D eigenvalue weighted by Crippen LogP contribution is 2.29. The summed E-state index contributed by atoms with van der Waals surface area (Å²) in [4.78, 5) is 4.53. The van der Waals surface area contributed by atoms with E-state index in [1.54, 1.807) is 13.2 Å². The molecule has 0 aliphatic rings. The first kappa shape index (κ1) is 17.9. The van der Waals surface area contributed by atoms with Gasteiger partial charge >= 0.3 is 0 Å². The molecule has 0 saturated heterocycles. The minimum Gasteiger partial charge on any atom is -0.497 e. The fourth-order valence-corrected chi connectivity index (χ4v) is 3.58. The molecule has 0 atom stereocenters. The summed E-state index contributed by atoms with van der Waals surface area (Å²) in [5.41, 5.74) is 3.25. The maximum atomic E-state index is 9.58. The summed E-state index contributed by atoms with van der Waals surface area (Å²) in [6.07, 6.45) is 1.81. The molecule has 0 fully saturated rings. The summed E-state index contributed by atoms with van der Waals surface area (Å²) >= 11 is 0. The zero-order valence-corrected chi connectivity index (χ0v) is 16.2. The van der Waals surface area contributed by atoms with Crippen LogP contribution in [0.15, 0.2) is 94.6 Å². The Morgan fingerprint density at radius 3 is 2.53 bits per heavy atom. The zero-order chi connectivity index (χ0) is 20.5. The van der Waals surface area contributed by atoms with Crippen molar-refractivity contribution in [1.82, 2.24) is 4.98 Å². The van der Waals surface area contributed by atoms with Crippen molar-refractivity contribution in [3.8, 4) is 28.3 Å². The average Bonchev–Trinajstić information content (AvgIpc) is 2.82. The number of ether oxygens (including phenoxy) is 1. The largest absolute Gasteiger partial charge is 0.497 e. The smallest absolute Gasteiger partial charge is 0.155 e. The molecule has 2 heterocycles. The molecule has 146 valence electrons. The van der Waals surface area contributed by atoms with Crippen LogP contribution in [0.25, 0.3) is 44.3 Å². The van der Waals surface area contributed by atoms with E-state index in [0.29, 0.717) is 27.8 Å². The summed E-state index contributed by atoms with van der Waals surface area (Å²) in [6.45, 7) is 0. The van der Waals surface area contributed by atoms with Crippen molar-refractivity contribution in [2.45, 2.75) is 0 Å². The van der Waals surface area contributed by atoms with Crippen LogP contribution in [0.2, 0.25) is 0 Å². The first-order valence-electron chi connectivity index (χ1n) is 9.51. The van der Waals surface area contributed by atoms with Crippen LogP contribution in [0.5, 0.6) is 5.75 Å². The van der Waals surface area contributed by atoms with Crippen LogP contribution < -0.4 is 10.1 Å². The second-order valence-corrected chi connectivity index (χ2v) is 6.96. The van der Waals surface area contributed by atoms with Gasteiger partial charge in [0.2, 0.25) is 0 Å². The number of rotatable bonds is 3. The molecule has 0 bridgehead atoms. The molecule has 5 nitrogen and oxygen atoms in total. The Kier molecular flexibility index (Phi) is 4.41. The maximum absolute atomic E-state index is 9.58. The normalized spacial score (nSPS) is 11.8. The molecule has 0 radical (unpaired) electrons. The van der Waals surface area contributed by atoms with E-state index in [9.17, 15) is 5.21 Å². The van der Waals surface area contributed by atoms with E-state index in [2.05, 4.69) is 10.1 Å². The van der Waals surface area contributed by atoms with Crippen molar-refractivity contribution in [3.63, 3.8) is 0 Å². The average molecular weight is 394 g/mol. The van der Waals surface area contributed by atoms with Crippen LogP contribution in [-0.2, 0) is 0 Å². The highest BCUT2D eigenvalue weighted by atomic mass is 16.5. The number of benzene rings is 3. The molecule has 0 unspecified atom stereocenters. The second kappa shape index (κ2) is 7.37. The van der Waals surface area contributed by atoms with Crippen LogP contribution in [0, 0.1) is 0 Å². The summed E-state index contributed by atoms with van der Waals surface area (Å²) in [6, 6.07) is 25.3. The van der Waals surface area contributed by atoms with Gasteiger partial charge in [-0.2, -0.15) is 0 Å². The van der Waals surface area contributed by atoms with E-state index in [0.717, 1.165) is 27.6 Å². The summed E-state index contributed by atoms with van der Waals surface area (Å²) in [5, 5.41) is 16.3. The standard InChI is InChI=1S/C25H18N2O3/c1-29-20-8-4-7-16(11-20)18-9-10-21-22(27-28)14-25(30-24(21)13-18)23-12-17-5-2-3-6-19(17)15-26-23/h2-15,28H,1H3/b27-22-. The third-order valence-electron chi connectivity index (χ3n) is 5.14. The van der Waals surface area contributed by atoms with Gasteiger partial charge in [0.15, 0.2) is 5.76 Å². The first-order valence-corrected chi connectivity index (χ1v) is 9.51. The number of fused-ring (bicyclic) bond motifs is 2. The topological polar surface area (TPSA) is 67.8 Å². The fourth-order valence-electron chi connectivity index (χ4n) is 3.58. The van der Waals surface area contributed by atoms with Crippen molar-refractivity contribution >= 4 is 21.7 Å². The minimum atomic E-state index is 0.429. The molecule has 0 saturated carbocycles. The van der Waals surface area contributed by atoms with Gasteiger partial charge in [-0.1, -0.05) is 47.6 Å². The van der Waals surface area contributed by atoms with Gasteiger partial charge in [-0.15, -0.1) is 0 Å². The lowest BCUT2D eigenvalue weighted by Gasteiger charge is -2.08. The maximum Gasteiger partial charge on any atom is 0.155 e. The Hall–Kier alpha value is -4.12. The molecule has 5 heteroatoms. The molecule has 1 N–H and O–H groups in total. The Balaban J connectivity index is 1.69. The Labute approximate surface area is 172 Å². The second-order valence-electron chi connectivity index (χ2n) is 6.96. The zero-order valence-electron chi connectivity index (χ0n) is 16.2. The third-order valence-corrected chi connectivity index (χ3v) is 5.14. The molecular formula is C25H18N2O3. The third kappa shape index (κ3) is 3.16. The lowest BCUT2D eigenvalue weighted by atomic mass is 10.0. The first-order chi connectivity index (χ1) is 14.7. The van der Waals surface area contributed by atoms with Crippen molar-refractivity contribution < 1.29 is 14.4 Å². The molecule has 0 spiro atoms. The van der Waals surface area contributed by atoms with E-state index in [-0.39, 0.29) is 0 Å². The van der Waals surface area contributed by atoms with E-state index in [1.807, 2.05) is 79.0 Å². The number of nitrogens with zero attached hydrogens (tertiary/aromatic N) is 2. The van der Waals surface area contributed by atoms with Crippen LogP contribution in [0.3, 0.4) is 0 Å². The van der Waals surface area contributed by atoms with E-state index in [4.69, 9.17) is 9.15 Å². The predicted molar refractivity (Wildman–Crippen MR) is 116 cm³/mol. The lowest BCUT2D eigenvalue weighted by molar-refractivity contribution is 0.302. The highest BCUT2D eigenvalue weighted by Gasteiger charge is 2.10. The molecule has 5 aromatic rings. The molecule has 5 rings (SSSR count). The van der Waals surface area contributed by atoms with E-state index in [1.165, 1.54) is 0 Å². The highest BCUT2D eigenvalue weighted by molar-refractivity contribution is 5.86. The molecule has 0 aliphatic carbocycles. The van der Waals surface area contributed by atoms with Crippen LogP contribution >= 0.6 is 0 Å². The molecular weight excluding hydrogens is 376 g/mol. The van der Waals surface area contributed by atoms with Gasteiger partial charge in [-0.3, -0.25) is 4.98 Å². The molecule has 3 aromatic carbocycles. The molecule has 2 aromatic heterocycles. The van der Waals surface area contributed by atoms with Gasteiger partial charge in [-0.25, -0.2) is 0 Å². The van der Waals surface area contributed by atoms with Crippen molar-refractivity contribution in [1.29, 1.82) is 0 Å². The number of aromatic nitrogens is 1. The summed E-state index contributed by atoms with van der Waals surface area (Å²) < 4.78 is 11.5. The Bertz CT molecular complexity index is 1450. The van der Waals surface area contributed by atoms with E-state index < -0.39 is 0 Å². The quantitative estimate of drug-likeness (QED) is 0.319. The Morgan fingerprint density at radius 1 is 0.867 bits per heavy atom. The predicted octanol–water partition coefficient (Wildman–Crippen LogP) is 5.61. The van der Waals surface area contributed by atoms with Crippen molar-refractivity contribution in [2.75, 3.05) is 7.11 Å². The summed E-state index contributed by atoms with van der Waals surface area (Å²) in [7, 11) is 1.65. The lowest BCUT2D eigenvalue weighted by Crippen LogP contribution is -2.03. The molecule has 0 amide bonds. The van der Waals surface area contributed by atoms with Crippen LogP contribution in [-0.4, -0.2) is 17.3 Å². The van der Waals surface area contributed by atoms with Gasteiger partial charge in [0.1, 0.15) is 22.4 Å². The van der Waals surface area contributed by atoms with Crippen LogP contribution in [0.1, 0.15) is 0 Å². The fraction of sp³-hybridized carbons (Fsp3) is 0.0400. The number of hydrogen-bond acceptors (Lipinski definition) is 5. The summed E-state index contributed by atoms with van der Waals surface area (Å²) in [5.74, 6) is 1.31. The van der Waals surface area contributed by atoms with Gasteiger partial charge < -0.3 is 14.4 Å². The SMILES string of the molecule is COc1cccc(-c2ccc3/c(=N\O)cc(-c4cc5ccccc5cn4)oc3c2)c1. The van der Waals surface area contributed by atoms with Gasteiger partial charge in [0.25, 0.3) is 0 Å². The minimum absolute atomic E-state index is 0.429. The number of methoxy groups -OCH3 is 1. The monoisotopic (exact) mass is 394 g/mol. The van der Waals surface area contributed by atoms with E-state index >= 15 is 0 Å². The van der Waals surface area contributed by atoms with Gasteiger partial charge in [0, 0.05) is 23.0 Å². The number of hydrogen-bond donors (Lipinski definition) is 1. The van der Waals surface area contributed by atoms with Crippen molar-refractivity contribution in [2.24, 2.45) is 5.16 Å². The van der Waals surface area contributed by atoms with Crippen molar-refractivity contribution in [3.05, 3.63) is 90.4 Å².